The molecule has 5 nitrogen and oxygen atoms in total. The number of hydrogen-bond donors (Lipinski definition) is 1. The number of nitrogens with zero attached hydrogens (tertiary/aromatic N) is 1. The predicted molar refractivity (Wildman–Crippen MR) is 70.3 cm³/mol. The lowest BCUT2D eigenvalue weighted by Crippen LogP contribution is -2.14. The molecule has 0 bridgehead atoms. The van der Waals surface area contributed by atoms with Crippen LogP contribution in [0, 0.1) is 15.9 Å². The third-order valence-electron chi connectivity index (χ3n) is 2.10. The highest BCUT2D eigenvalue weighted by Gasteiger charge is 2.17. The van der Waals surface area contributed by atoms with E-state index in [4.69, 9.17) is 4.74 Å². The van der Waals surface area contributed by atoms with Gasteiger partial charge in [-0.2, -0.15) is 0 Å². The summed E-state index contributed by atoms with van der Waals surface area (Å²) in [6, 6.07) is 2.23. The predicted octanol–water partition coefficient (Wildman–Crippen LogP) is 3.33. The average molecular weight is 321 g/mol. The Morgan fingerprint density at radius 2 is 2.22 bits per heavy atom. The van der Waals surface area contributed by atoms with Gasteiger partial charge >= 0.3 is 0 Å². The lowest BCUT2D eigenvalue weighted by atomic mass is 10.2. The van der Waals surface area contributed by atoms with Crippen LogP contribution in [0.25, 0.3) is 0 Å². The molecular formula is C11H14BrFN2O3. The smallest absolute Gasteiger partial charge is 0.293 e. The minimum atomic E-state index is -0.560. The second kappa shape index (κ2) is 6.65. The fourth-order valence-corrected chi connectivity index (χ4v) is 1.64. The fourth-order valence-electron chi connectivity index (χ4n) is 1.31. The first kappa shape index (κ1) is 14.8. The summed E-state index contributed by atoms with van der Waals surface area (Å²) in [6.07, 6.45) is 0.0865. The van der Waals surface area contributed by atoms with Crippen molar-refractivity contribution in [2.75, 3.05) is 18.5 Å². The number of halogens is 2. The van der Waals surface area contributed by atoms with Crippen molar-refractivity contribution >= 4 is 27.3 Å². The maximum Gasteiger partial charge on any atom is 0.293 e. The van der Waals surface area contributed by atoms with E-state index in [1.54, 1.807) is 0 Å². The quantitative estimate of drug-likeness (QED) is 0.496. The summed E-state index contributed by atoms with van der Waals surface area (Å²) < 4.78 is 18.7. The first-order chi connectivity index (χ1) is 8.41. The van der Waals surface area contributed by atoms with Crippen LogP contribution in [0.5, 0.6) is 0 Å². The summed E-state index contributed by atoms with van der Waals surface area (Å²) in [5.74, 6) is -0.548. The van der Waals surface area contributed by atoms with Gasteiger partial charge < -0.3 is 10.1 Å². The number of benzene rings is 1. The number of rotatable bonds is 6. The first-order valence-electron chi connectivity index (χ1n) is 5.40. The van der Waals surface area contributed by atoms with Crippen LogP contribution in [0.2, 0.25) is 0 Å². The highest BCUT2D eigenvalue weighted by molar-refractivity contribution is 9.10. The van der Waals surface area contributed by atoms with Crippen molar-refractivity contribution in [2.24, 2.45) is 0 Å². The molecule has 0 aliphatic carbocycles. The molecular weight excluding hydrogens is 307 g/mol. The normalized spacial score (nSPS) is 10.7. The van der Waals surface area contributed by atoms with Gasteiger partial charge in [0.05, 0.1) is 22.1 Å². The molecule has 0 saturated heterocycles. The Hall–Kier alpha value is -1.21. The molecule has 1 aromatic rings. The Labute approximate surface area is 113 Å². The van der Waals surface area contributed by atoms with Gasteiger partial charge in [0, 0.05) is 18.7 Å². The molecule has 0 spiro atoms. The topological polar surface area (TPSA) is 64.4 Å². The number of nitro benzene ring substituents is 1. The van der Waals surface area contributed by atoms with Crippen LogP contribution >= 0.6 is 15.9 Å². The molecule has 0 amide bonds. The molecule has 0 aliphatic rings. The van der Waals surface area contributed by atoms with Crippen LogP contribution in [0.15, 0.2) is 16.6 Å². The Morgan fingerprint density at radius 3 is 2.78 bits per heavy atom. The molecule has 0 aliphatic heterocycles. The van der Waals surface area contributed by atoms with Gasteiger partial charge in [-0.1, -0.05) is 0 Å². The molecule has 7 heteroatoms. The van der Waals surface area contributed by atoms with E-state index in [2.05, 4.69) is 21.2 Å². The standard InChI is InChI=1S/C11H14BrFN2O3/c1-7(2)18-4-3-14-10-6-9(13)8(12)5-11(10)15(16)17/h5-7,14H,3-4H2,1-2H3. The van der Waals surface area contributed by atoms with E-state index in [0.29, 0.717) is 13.2 Å². The SMILES string of the molecule is CC(C)OCCNc1cc(F)c(Br)cc1[N+](=O)[O-]. The van der Waals surface area contributed by atoms with E-state index in [9.17, 15) is 14.5 Å². The molecule has 0 atom stereocenters. The van der Waals surface area contributed by atoms with Crippen molar-refractivity contribution in [3.63, 3.8) is 0 Å². The zero-order chi connectivity index (χ0) is 13.7. The molecule has 1 aromatic carbocycles. The van der Waals surface area contributed by atoms with Crippen LogP contribution in [-0.4, -0.2) is 24.2 Å². The minimum Gasteiger partial charge on any atom is -0.377 e. The molecule has 0 heterocycles. The molecule has 0 fully saturated rings. The van der Waals surface area contributed by atoms with Crippen molar-refractivity contribution in [2.45, 2.75) is 20.0 Å². The molecule has 0 unspecified atom stereocenters. The van der Waals surface area contributed by atoms with Crippen LogP contribution in [0.4, 0.5) is 15.8 Å². The molecule has 100 valence electrons. The zero-order valence-electron chi connectivity index (χ0n) is 10.1. The highest BCUT2D eigenvalue weighted by Crippen LogP contribution is 2.30. The number of anilines is 1. The lowest BCUT2D eigenvalue weighted by Gasteiger charge is -2.10. The minimum absolute atomic E-state index is 0.0678. The van der Waals surface area contributed by atoms with E-state index in [-0.39, 0.29) is 22.0 Å². The van der Waals surface area contributed by atoms with E-state index < -0.39 is 10.7 Å². The third-order valence-corrected chi connectivity index (χ3v) is 2.71. The number of nitrogens with one attached hydrogen (secondary N) is 1. The van der Waals surface area contributed by atoms with Crippen molar-refractivity contribution < 1.29 is 14.1 Å². The van der Waals surface area contributed by atoms with Crippen LogP contribution in [0.1, 0.15) is 13.8 Å². The van der Waals surface area contributed by atoms with Gasteiger partial charge in [0.1, 0.15) is 11.5 Å². The first-order valence-corrected chi connectivity index (χ1v) is 6.20. The Bertz CT molecular complexity index is 441. The number of nitro groups is 1. The molecule has 0 saturated carbocycles. The van der Waals surface area contributed by atoms with Crippen LogP contribution in [-0.2, 0) is 4.74 Å². The summed E-state index contributed by atoms with van der Waals surface area (Å²) in [4.78, 5) is 10.3. The summed E-state index contributed by atoms with van der Waals surface area (Å²) >= 11 is 2.92. The molecule has 18 heavy (non-hydrogen) atoms. The van der Waals surface area contributed by atoms with Crippen molar-refractivity contribution in [3.05, 3.63) is 32.5 Å². The zero-order valence-corrected chi connectivity index (χ0v) is 11.7. The van der Waals surface area contributed by atoms with Crippen LogP contribution < -0.4 is 5.32 Å². The maximum atomic E-state index is 13.3. The number of hydrogen-bond acceptors (Lipinski definition) is 4. The van der Waals surface area contributed by atoms with Crippen molar-refractivity contribution in [1.29, 1.82) is 0 Å². The van der Waals surface area contributed by atoms with E-state index in [0.717, 1.165) is 12.1 Å². The Kier molecular flexibility index (Phi) is 5.49. The van der Waals surface area contributed by atoms with Crippen molar-refractivity contribution in [1.82, 2.24) is 0 Å². The molecule has 1 rings (SSSR count). The van der Waals surface area contributed by atoms with Crippen LogP contribution in [0.3, 0.4) is 0 Å². The Morgan fingerprint density at radius 1 is 1.56 bits per heavy atom. The highest BCUT2D eigenvalue weighted by atomic mass is 79.9. The molecule has 1 N–H and O–H groups in total. The van der Waals surface area contributed by atoms with Gasteiger partial charge in [-0.15, -0.1) is 0 Å². The average Bonchev–Trinajstić information content (AvgIpc) is 2.28. The van der Waals surface area contributed by atoms with Gasteiger partial charge in [0.25, 0.3) is 5.69 Å². The van der Waals surface area contributed by atoms with Gasteiger partial charge in [-0.3, -0.25) is 10.1 Å². The summed E-state index contributed by atoms with van der Waals surface area (Å²) in [6.45, 7) is 4.55. The second-order valence-corrected chi connectivity index (χ2v) is 4.74. The van der Waals surface area contributed by atoms with Gasteiger partial charge in [-0.05, 0) is 29.8 Å². The maximum absolute atomic E-state index is 13.3. The lowest BCUT2D eigenvalue weighted by molar-refractivity contribution is -0.384. The summed E-state index contributed by atoms with van der Waals surface area (Å²) in [5.41, 5.74) is -0.0270. The fraction of sp³-hybridized carbons (Fsp3) is 0.455. The van der Waals surface area contributed by atoms with E-state index >= 15 is 0 Å². The van der Waals surface area contributed by atoms with E-state index in [1.807, 2.05) is 13.8 Å². The second-order valence-electron chi connectivity index (χ2n) is 3.89. The number of ether oxygens (including phenoxy) is 1. The van der Waals surface area contributed by atoms with Crippen molar-refractivity contribution in [3.8, 4) is 0 Å². The monoisotopic (exact) mass is 320 g/mol. The van der Waals surface area contributed by atoms with Gasteiger partial charge in [0.15, 0.2) is 0 Å². The van der Waals surface area contributed by atoms with E-state index in [1.165, 1.54) is 0 Å². The van der Waals surface area contributed by atoms with Gasteiger partial charge in [0.2, 0.25) is 0 Å². The summed E-state index contributed by atoms with van der Waals surface area (Å²) in [5, 5.41) is 13.6. The largest absolute Gasteiger partial charge is 0.377 e. The van der Waals surface area contributed by atoms with Gasteiger partial charge in [-0.25, -0.2) is 4.39 Å². The Balaban J connectivity index is 2.74. The summed E-state index contributed by atoms with van der Waals surface area (Å²) in [7, 11) is 0. The molecule has 0 aromatic heterocycles. The molecule has 0 radical (unpaired) electrons. The third kappa shape index (κ3) is 4.23.